The van der Waals surface area contributed by atoms with E-state index in [4.69, 9.17) is 19.7 Å². The Labute approximate surface area is 343 Å². The molecule has 3 amide bonds. The van der Waals surface area contributed by atoms with E-state index in [0.29, 0.717) is 60.4 Å². The minimum atomic E-state index is -0.368. The largest absolute Gasteiger partial charge is 0.477 e. The molecule has 15 heteroatoms. The number of hydrogen-bond acceptors (Lipinski definition) is 11. The molecule has 1 unspecified atom stereocenters. The molecule has 306 valence electrons. The molecule has 4 aromatic heterocycles. The van der Waals surface area contributed by atoms with Crippen LogP contribution in [0.4, 0.5) is 17.3 Å². The van der Waals surface area contributed by atoms with Crippen LogP contribution in [0.15, 0.2) is 48.7 Å². The van der Waals surface area contributed by atoms with E-state index in [1.807, 2.05) is 33.0 Å². The smallest absolute Gasteiger partial charge is 0.258 e. The number of aryl methyl sites for hydroxylation is 3. The van der Waals surface area contributed by atoms with E-state index in [0.717, 1.165) is 111 Å². The van der Waals surface area contributed by atoms with Gasteiger partial charge in [0.1, 0.15) is 0 Å². The maximum atomic E-state index is 13.9. The van der Waals surface area contributed by atoms with Gasteiger partial charge in [0, 0.05) is 82.3 Å². The maximum absolute atomic E-state index is 13.9. The van der Waals surface area contributed by atoms with Crippen LogP contribution in [0.1, 0.15) is 71.9 Å². The van der Waals surface area contributed by atoms with Gasteiger partial charge in [0.05, 0.1) is 58.1 Å². The number of imidazole rings is 1. The molecule has 3 saturated heterocycles. The predicted octanol–water partition coefficient (Wildman–Crippen LogP) is 4.83. The van der Waals surface area contributed by atoms with E-state index in [-0.39, 0.29) is 23.6 Å². The summed E-state index contributed by atoms with van der Waals surface area (Å²) >= 11 is 0. The summed E-state index contributed by atoms with van der Waals surface area (Å²) in [5.41, 5.74) is 8.58. The summed E-state index contributed by atoms with van der Waals surface area (Å²) in [6.45, 7) is 11.1. The maximum Gasteiger partial charge on any atom is 0.258 e. The third-order valence-electron chi connectivity index (χ3n) is 13.2. The number of ether oxygens (including phenoxy) is 1. The van der Waals surface area contributed by atoms with E-state index in [2.05, 4.69) is 59.3 Å². The molecule has 3 atom stereocenters. The lowest BCUT2D eigenvalue weighted by Crippen LogP contribution is -2.53. The van der Waals surface area contributed by atoms with Crippen LogP contribution in [0.5, 0.6) is 5.88 Å². The highest BCUT2D eigenvalue weighted by Gasteiger charge is 2.38. The first-order valence-electron chi connectivity index (χ1n) is 21.2. The summed E-state index contributed by atoms with van der Waals surface area (Å²) in [6.07, 6.45) is 6.86. The van der Waals surface area contributed by atoms with Crippen LogP contribution in [-0.4, -0.2) is 104 Å². The van der Waals surface area contributed by atoms with Gasteiger partial charge in [-0.1, -0.05) is 0 Å². The number of amides is 3. The summed E-state index contributed by atoms with van der Waals surface area (Å²) < 4.78 is 10.3. The van der Waals surface area contributed by atoms with Gasteiger partial charge < -0.3 is 19.1 Å². The number of benzene rings is 1. The molecule has 0 radical (unpaired) electrons. The van der Waals surface area contributed by atoms with Crippen LogP contribution in [0.3, 0.4) is 0 Å². The van der Waals surface area contributed by atoms with E-state index in [9.17, 15) is 14.4 Å². The Hall–Kier alpha value is -5.83. The van der Waals surface area contributed by atoms with Crippen molar-refractivity contribution in [2.75, 3.05) is 61.0 Å². The third-order valence-corrected chi connectivity index (χ3v) is 13.2. The van der Waals surface area contributed by atoms with Gasteiger partial charge in [-0.3, -0.25) is 39.9 Å². The number of anilines is 3. The predicted molar refractivity (Wildman–Crippen MR) is 224 cm³/mol. The summed E-state index contributed by atoms with van der Waals surface area (Å²) in [5, 5.41) is 10.1. The van der Waals surface area contributed by atoms with Crippen molar-refractivity contribution in [3.8, 4) is 17.1 Å². The van der Waals surface area contributed by atoms with Crippen LogP contribution in [0.2, 0.25) is 0 Å². The number of carbonyl (C=O) groups is 3. The topological polar surface area (TPSA) is 156 Å². The minimum Gasteiger partial charge on any atom is -0.477 e. The Morgan fingerprint density at radius 2 is 1.64 bits per heavy atom. The highest BCUT2D eigenvalue weighted by molar-refractivity contribution is 6.05. The van der Waals surface area contributed by atoms with Gasteiger partial charge in [0.2, 0.25) is 23.6 Å². The zero-order chi connectivity index (χ0) is 40.4. The monoisotopic (exact) mass is 797 g/mol. The Bertz CT molecular complexity index is 2460. The molecule has 0 spiro atoms. The Morgan fingerprint density at radius 3 is 2.44 bits per heavy atom. The first-order valence-corrected chi connectivity index (χ1v) is 21.2. The molecule has 4 fully saturated rings. The molecule has 1 saturated carbocycles. The quantitative estimate of drug-likeness (QED) is 0.241. The van der Waals surface area contributed by atoms with Gasteiger partial charge in [-0.05, 0) is 100 Å². The van der Waals surface area contributed by atoms with Gasteiger partial charge in [0.15, 0.2) is 0 Å². The van der Waals surface area contributed by atoms with Crippen molar-refractivity contribution in [3.05, 3.63) is 71.3 Å². The van der Waals surface area contributed by atoms with Crippen LogP contribution >= 0.6 is 0 Å². The number of carbonyl (C=O) groups excluding carboxylic acids is 3. The summed E-state index contributed by atoms with van der Waals surface area (Å²) in [5.74, 6) is 1.21. The molecule has 5 aromatic rings. The van der Waals surface area contributed by atoms with E-state index < -0.39 is 0 Å². The molecule has 2 N–H and O–H groups in total. The van der Waals surface area contributed by atoms with E-state index in [1.165, 1.54) is 5.69 Å². The van der Waals surface area contributed by atoms with Crippen molar-refractivity contribution in [3.63, 3.8) is 0 Å². The zero-order valence-corrected chi connectivity index (χ0v) is 34.0. The number of nitrogens with zero attached hydrogens (tertiary/aromatic N) is 9. The summed E-state index contributed by atoms with van der Waals surface area (Å²) in [4.78, 5) is 60.1. The SMILES string of the molecule is Cc1cc2cc(n1)-c1cnn(C)c1OCC[C@H]1C[C@@H]1Cn1c(nc3ccc(N4CCN(C5CCN(c6ccc(C7CCC(=O)NC7=O)nc6C)CC5)CC4)cc31)NC2=O. The highest BCUT2D eigenvalue weighted by atomic mass is 16.5. The second-order valence-corrected chi connectivity index (χ2v) is 17.0. The molecular weight excluding hydrogens is 747 g/mol. The van der Waals surface area contributed by atoms with Crippen LogP contribution in [0, 0.1) is 25.7 Å². The van der Waals surface area contributed by atoms with Gasteiger partial charge in [-0.15, -0.1) is 0 Å². The number of nitrogens with one attached hydrogen (secondary N) is 2. The molecule has 10 rings (SSSR count). The molecule has 15 nitrogen and oxygen atoms in total. The van der Waals surface area contributed by atoms with Crippen molar-refractivity contribution >= 4 is 46.1 Å². The average Bonchev–Trinajstić information content (AvgIpc) is 3.74. The van der Waals surface area contributed by atoms with Crippen LogP contribution < -0.4 is 25.2 Å². The van der Waals surface area contributed by atoms with Gasteiger partial charge in [0.25, 0.3) is 5.91 Å². The summed E-state index contributed by atoms with van der Waals surface area (Å²) in [6, 6.07) is 14.8. The van der Waals surface area contributed by atoms with Crippen LogP contribution in [-0.2, 0) is 23.2 Å². The fourth-order valence-electron chi connectivity index (χ4n) is 9.80. The number of hydrogen-bond donors (Lipinski definition) is 2. The van der Waals surface area contributed by atoms with Crippen molar-refractivity contribution in [2.45, 2.75) is 70.9 Å². The van der Waals surface area contributed by atoms with E-state index in [1.54, 1.807) is 16.9 Å². The number of imide groups is 1. The van der Waals surface area contributed by atoms with E-state index >= 15 is 0 Å². The van der Waals surface area contributed by atoms with Crippen molar-refractivity contribution in [1.82, 2.24) is 39.5 Å². The Kier molecular flexibility index (Phi) is 9.57. The van der Waals surface area contributed by atoms with Gasteiger partial charge >= 0.3 is 0 Å². The molecule has 1 aromatic carbocycles. The number of piperazine rings is 1. The lowest BCUT2D eigenvalue weighted by molar-refractivity contribution is -0.134. The lowest BCUT2D eigenvalue weighted by Gasteiger charge is -2.44. The first-order chi connectivity index (χ1) is 28.6. The number of pyridine rings is 2. The fourth-order valence-corrected chi connectivity index (χ4v) is 9.80. The van der Waals surface area contributed by atoms with Crippen molar-refractivity contribution in [1.29, 1.82) is 0 Å². The average molecular weight is 798 g/mol. The second-order valence-electron chi connectivity index (χ2n) is 17.0. The molecule has 2 bridgehead atoms. The molecular formula is C44H51N11O4. The molecule has 59 heavy (non-hydrogen) atoms. The standard InChI is InChI=1S/C44H51N11O4/c1-26-20-29-22-37(46-26)34-24-45-51(3)43(34)59-19-12-28-21-30(28)25-55-39-23-32(4-6-36(39)48-44(55)50-41(29)57)53-17-15-52(16-18-53)31-10-13-54(14-11-31)38-8-7-35(47-27(38)2)33-5-9-40(56)49-42(33)58/h4,6-8,20,22-24,28,30-31,33H,5,9-19,21,25H2,1-3H3,(H,48,50,57)(H,49,56,58)/t28-,30+,33?/m0/s1. The Balaban J connectivity index is 0.813. The fraction of sp³-hybridized carbons (Fsp3) is 0.477. The van der Waals surface area contributed by atoms with Crippen LogP contribution in [0.25, 0.3) is 22.3 Å². The van der Waals surface area contributed by atoms with Crippen molar-refractivity contribution in [2.24, 2.45) is 18.9 Å². The van der Waals surface area contributed by atoms with Gasteiger partial charge in [-0.25, -0.2) is 9.67 Å². The Morgan fingerprint density at radius 1 is 0.814 bits per heavy atom. The second kappa shape index (κ2) is 15.1. The molecule has 5 aliphatic rings. The normalized spacial score (nSPS) is 23.0. The number of rotatable bonds is 4. The third kappa shape index (κ3) is 7.29. The molecule has 8 heterocycles. The number of aromatic nitrogens is 6. The molecule has 1 aliphatic carbocycles. The molecule has 4 aliphatic heterocycles. The van der Waals surface area contributed by atoms with Gasteiger partial charge in [-0.2, -0.15) is 5.10 Å². The number of piperidine rings is 2. The summed E-state index contributed by atoms with van der Waals surface area (Å²) in [7, 11) is 1.87. The first kappa shape index (κ1) is 37.4. The minimum absolute atomic E-state index is 0.206. The van der Waals surface area contributed by atoms with Crippen molar-refractivity contribution < 1.29 is 19.1 Å². The lowest BCUT2D eigenvalue weighted by atomic mass is 9.94. The highest BCUT2D eigenvalue weighted by Crippen LogP contribution is 2.44. The number of fused-ring (bicyclic) bond motifs is 8. The zero-order valence-electron chi connectivity index (χ0n) is 34.0.